The van der Waals surface area contributed by atoms with Crippen molar-refractivity contribution in [1.29, 1.82) is 0 Å². The maximum absolute atomic E-state index is 12.5. The highest BCUT2D eigenvalue weighted by Crippen LogP contribution is 2.43. The van der Waals surface area contributed by atoms with Crippen molar-refractivity contribution < 1.29 is 27.4 Å². The van der Waals surface area contributed by atoms with Crippen LogP contribution < -0.4 is 9.64 Å². The van der Waals surface area contributed by atoms with Crippen LogP contribution in [0.5, 0.6) is 5.75 Å². The van der Waals surface area contributed by atoms with Crippen LogP contribution in [-0.4, -0.2) is 59.1 Å². The Morgan fingerprint density at radius 3 is 2.41 bits per heavy atom. The summed E-state index contributed by atoms with van der Waals surface area (Å²) in [4.78, 5) is 24.1. The van der Waals surface area contributed by atoms with E-state index in [0.717, 1.165) is 0 Å². The summed E-state index contributed by atoms with van der Waals surface area (Å²) in [6.07, 6.45) is -3.70. The van der Waals surface area contributed by atoms with E-state index in [1.165, 1.54) is 24.5 Å². The molecule has 156 valence electrons. The number of likely N-dealkylation sites (tertiary alicyclic amines) is 1. The molecule has 0 N–H and O–H groups in total. The molecule has 2 fully saturated rings. The van der Waals surface area contributed by atoms with Crippen molar-refractivity contribution in [3.63, 3.8) is 0 Å². The number of alkyl halides is 3. The molecule has 1 spiro atoms. The lowest BCUT2D eigenvalue weighted by Crippen LogP contribution is -2.73. The van der Waals surface area contributed by atoms with Gasteiger partial charge in [0.25, 0.3) is 0 Å². The molecule has 0 atom stereocenters. The second kappa shape index (κ2) is 6.36. The zero-order valence-electron chi connectivity index (χ0n) is 16.3. The van der Waals surface area contributed by atoms with Gasteiger partial charge in [-0.2, -0.15) is 0 Å². The molecule has 2 aliphatic rings. The van der Waals surface area contributed by atoms with Crippen LogP contribution in [0, 0.1) is 5.41 Å². The van der Waals surface area contributed by atoms with E-state index in [1.54, 1.807) is 4.90 Å². The van der Waals surface area contributed by atoms with Crippen molar-refractivity contribution in [3.05, 3.63) is 24.5 Å². The van der Waals surface area contributed by atoms with E-state index in [1.807, 2.05) is 25.7 Å². The van der Waals surface area contributed by atoms with E-state index >= 15 is 0 Å². The van der Waals surface area contributed by atoms with E-state index in [0.29, 0.717) is 42.9 Å². The van der Waals surface area contributed by atoms with Crippen LogP contribution in [0.4, 0.5) is 23.8 Å². The summed E-state index contributed by atoms with van der Waals surface area (Å²) in [6, 6.07) is 4.01. The predicted molar refractivity (Wildman–Crippen MR) is 98.7 cm³/mol. The fourth-order valence-corrected chi connectivity index (χ4v) is 3.80. The minimum absolute atomic E-state index is 0.0335. The fourth-order valence-electron chi connectivity index (χ4n) is 3.80. The van der Waals surface area contributed by atoms with E-state index in [2.05, 4.69) is 14.7 Å². The van der Waals surface area contributed by atoms with Gasteiger partial charge in [0.15, 0.2) is 0 Å². The van der Waals surface area contributed by atoms with E-state index in [-0.39, 0.29) is 17.3 Å². The zero-order valence-corrected chi connectivity index (χ0v) is 16.3. The molecule has 2 aromatic rings. The van der Waals surface area contributed by atoms with Gasteiger partial charge in [-0.05, 0) is 39.0 Å². The number of hydrogen-bond donors (Lipinski definition) is 0. The SMILES string of the molecule is CC(C)(C)OC(=O)N1CC2(C1)CN(c1ncnc3ccc(OC(F)(F)F)cc13)C2. The summed E-state index contributed by atoms with van der Waals surface area (Å²) in [7, 11) is 0. The Hall–Kier alpha value is -2.78. The van der Waals surface area contributed by atoms with E-state index < -0.39 is 12.0 Å². The smallest absolute Gasteiger partial charge is 0.444 e. The average molecular weight is 410 g/mol. The molecule has 7 nitrogen and oxygen atoms in total. The van der Waals surface area contributed by atoms with Crippen molar-refractivity contribution in [2.24, 2.45) is 5.41 Å². The van der Waals surface area contributed by atoms with Gasteiger partial charge in [0, 0.05) is 37.0 Å². The Morgan fingerprint density at radius 1 is 1.10 bits per heavy atom. The third kappa shape index (κ3) is 4.01. The van der Waals surface area contributed by atoms with Crippen LogP contribution in [0.3, 0.4) is 0 Å². The lowest BCUT2D eigenvalue weighted by atomic mass is 9.73. The monoisotopic (exact) mass is 410 g/mol. The van der Waals surface area contributed by atoms with Crippen LogP contribution >= 0.6 is 0 Å². The molecule has 2 saturated heterocycles. The van der Waals surface area contributed by atoms with Gasteiger partial charge in [0.2, 0.25) is 0 Å². The van der Waals surface area contributed by atoms with Gasteiger partial charge in [-0.1, -0.05) is 0 Å². The van der Waals surface area contributed by atoms with Gasteiger partial charge < -0.3 is 19.3 Å². The number of halogens is 3. The average Bonchev–Trinajstić information content (AvgIpc) is 2.49. The number of fused-ring (bicyclic) bond motifs is 1. The molecule has 10 heteroatoms. The largest absolute Gasteiger partial charge is 0.573 e. The third-order valence-corrected chi connectivity index (χ3v) is 4.88. The summed E-state index contributed by atoms with van der Waals surface area (Å²) in [5.41, 5.74) is -0.0371. The molecule has 1 aromatic heterocycles. The highest BCUT2D eigenvalue weighted by molar-refractivity contribution is 5.91. The molecule has 0 saturated carbocycles. The Labute approximate surface area is 165 Å². The first-order valence-corrected chi connectivity index (χ1v) is 9.17. The first-order valence-electron chi connectivity index (χ1n) is 9.17. The molecule has 0 unspecified atom stereocenters. The highest BCUT2D eigenvalue weighted by Gasteiger charge is 2.54. The van der Waals surface area contributed by atoms with Crippen LogP contribution in [0.15, 0.2) is 24.5 Å². The number of anilines is 1. The van der Waals surface area contributed by atoms with E-state index in [4.69, 9.17) is 4.74 Å². The lowest BCUT2D eigenvalue weighted by molar-refractivity contribution is -0.274. The molecular formula is C19H21F3N4O3. The number of carbonyl (C=O) groups is 1. The highest BCUT2D eigenvalue weighted by atomic mass is 19.4. The van der Waals surface area contributed by atoms with Crippen LogP contribution in [0.25, 0.3) is 10.9 Å². The third-order valence-electron chi connectivity index (χ3n) is 4.88. The molecule has 0 radical (unpaired) electrons. The van der Waals surface area contributed by atoms with Gasteiger partial charge in [-0.25, -0.2) is 14.8 Å². The molecule has 1 amide bonds. The van der Waals surface area contributed by atoms with Gasteiger partial charge in [0.1, 0.15) is 23.5 Å². The first-order chi connectivity index (χ1) is 13.4. The lowest BCUT2D eigenvalue weighted by Gasteiger charge is -2.60. The zero-order chi connectivity index (χ0) is 21.0. The standard InChI is InChI=1S/C19H21F3N4O3/c1-17(2,3)29-16(27)26-9-18(10-26)7-25(8-18)15-13-6-12(28-19(20,21)22)4-5-14(13)23-11-24-15/h4-6,11H,7-10H2,1-3H3. The molecule has 0 bridgehead atoms. The molecule has 29 heavy (non-hydrogen) atoms. The quantitative estimate of drug-likeness (QED) is 0.754. The Kier molecular flexibility index (Phi) is 4.29. The minimum Gasteiger partial charge on any atom is -0.444 e. The first kappa shape index (κ1) is 19.5. The van der Waals surface area contributed by atoms with Crippen molar-refractivity contribution >= 4 is 22.8 Å². The number of hydrogen-bond acceptors (Lipinski definition) is 6. The van der Waals surface area contributed by atoms with Crippen LogP contribution in [0.2, 0.25) is 0 Å². The molecule has 1 aromatic carbocycles. The normalized spacial score (nSPS) is 18.4. The number of benzene rings is 1. The van der Waals surface area contributed by atoms with Gasteiger partial charge in [-0.15, -0.1) is 13.2 Å². The summed E-state index contributed by atoms with van der Waals surface area (Å²) in [5.74, 6) is 0.250. The number of amides is 1. The summed E-state index contributed by atoms with van der Waals surface area (Å²) >= 11 is 0. The van der Waals surface area contributed by atoms with Crippen LogP contribution in [-0.2, 0) is 4.74 Å². The van der Waals surface area contributed by atoms with E-state index in [9.17, 15) is 18.0 Å². The topological polar surface area (TPSA) is 67.8 Å². The molecule has 4 rings (SSSR count). The Bertz CT molecular complexity index is 944. The molecular weight excluding hydrogens is 389 g/mol. The van der Waals surface area contributed by atoms with Crippen molar-refractivity contribution in [2.45, 2.75) is 32.7 Å². The summed E-state index contributed by atoms with van der Waals surface area (Å²) in [6.45, 7) is 7.95. The summed E-state index contributed by atoms with van der Waals surface area (Å²) in [5, 5.41) is 0.493. The number of carbonyl (C=O) groups excluding carboxylic acids is 1. The number of rotatable bonds is 2. The minimum atomic E-state index is -4.76. The van der Waals surface area contributed by atoms with Crippen LogP contribution in [0.1, 0.15) is 20.8 Å². The van der Waals surface area contributed by atoms with Crippen molar-refractivity contribution in [3.8, 4) is 5.75 Å². The predicted octanol–water partition coefficient (Wildman–Crippen LogP) is 3.59. The van der Waals surface area contributed by atoms with Crippen molar-refractivity contribution in [2.75, 3.05) is 31.1 Å². The Morgan fingerprint density at radius 2 is 1.79 bits per heavy atom. The second-order valence-electron chi connectivity index (χ2n) is 8.62. The molecule has 0 aliphatic carbocycles. The number of nitrogens with zero attached hydrogens (tertiary/aromatic N) is 4. The molecule has 3 heterocycles. The summed E-state index contributed by atoms with van der Waals surface area (Å²) < 4.78 is 47.0. The number of ether oxygens (including phenoxy) is 2. The molecule has 2 aliphatic heterocycles. The van der Waals surface area contributed by atoms with Gasteiger partial charge >= 0.3 is 12.5 Å². The second-order valence-corrected chi connectivity index (χ2v) is 8.62. The van der Waals surface area contributed by atoms with Gasteiger partial charge in [-0.3, -0.25) is 0 Å². The Balaban J connectivity index is 1.45. The fraction of sp³-hybridized carbons (Fsp3) is 0.526. The van der Waals surface area contributed by atoms with Crippen molar-refractivity contribution in [1.82, 2.24) is 14.9 Å². The van der Waals surface area contributed by atoms with Gasteiger partial charge in [0.05, 0.1) is 5.52 Å². The number of aromatic nitrogens is 2. The maximum atomic E-state index is 12.5. The maximum Gasteiger partial charge on any atom is 0.573 e.